The van der Waals surface area contributed by atoms with Crippen molar-refractivity contribution in [2.75, 3.05) is 58.9 Å². The number of nitrogens with zero attached hydrogens (tertiary/aromatic N) is 3. The molecule has 26 atom stereocenters. The van der Waals surface area contributed by atoms with Crippen molar-refractivity contribution in [1.29, 1.82) is 0 Å². The number of rotatable bonds is 9. The number of carbonyl (C=O) groups is 3. The Morgan fingerprint density at radius 3 is 1.02 bits per heavy atom. The van der Waals surface area contributed by atoms with Crippen LogP contribution in [0.3, 0.4) is 0 Å². The second kappa shape index (κ2) is 25.9. The van der Waals surface area contributed by atoms with Crippen molar-refractivity contribution in [3.8, 4) is 0 Å². The maximum absolute atomic E-state index is 13.5. The molecule has 3 saturated heterocycles. The predicted octanol–water partition coefficient (Wildman–Crippen LogP) is 14.3. The van der Waals surface area contributed by atoms with E-state index in [0.29, 0.717) is 48.8 Å². The number of fused-ring (bicyclic) bond motifs is 15. The third-order valence-corrected chi connectivity index (χ3v) is 31.8. The molecule has 10 heteroatoms. The highest BCUT2D eigenvalue weighted by atomic mass is 16.3. The van der Waals surface area contributed by atoms with Crippen molar-refractivity contribution in [2.45, 2.75) is 284 Å². The Hall–Kier alpha value is -1.27. The minimum Gasteiger partial charge on any atom is -0.393 e. The first-order valence-electron chi connectivity index (χ1n) is 38.9. The summed E-state index contributed by atoms with van der Waals surface area (Å²) in [5.74, 6) is 16.1. The molecule has 0 aromatic carbocycles. The zero-order valence-electron chi connectivity index (χ0n) is 58.0. The summed E-state index contributed by atoms with van der Waals surface area (Å²) in [6, 6.07) is 0. The number of piperidine rings is 2. The first-order valence-corrected chi connectivity index (χ1v) is 38.9. The highest BCUT2D eigenvalue weighted by molar-refractivity contribution is 5.85. The van der Waals surface area contributed by atoms with Crippen molar-refractivity contribution >= 4 is 17.3 Å². The van der Waals surface area contributed by atoms with Gasteiger partial charge in [-0.25, -0.2) is 0 Å². The summed E-state index contributed by atoms with van der Waals surface area (Å²) in [5, 5.41) is 41.5. The van der Waals surface area contributed by atoms with Crippen LogP contribution in [0.15, 0.2) is 0 Å². The maximum atomic E-state index is 13.5. The quantitative estimate of drug-likeness (QED) is 0.176. The maximum Gasteiger partial charge on any atom is 0.150 e. The SMILES string of the molecule is CC1CCCN(CC(=O)[C@H]2CC[C@H]3[C@@H]4CC[C@H]5C[C@](C)(O)CC[C@@H]5[C@H]4CC[C@]23C)C1.CC1CCN(CC(=O)[C@H]2CC[C@H]3[C@@H]4CC[C@@H]5C[C@](C)(O)CC[C@@H]5[C@H]4CC[C@]23C)C1.C[C@@]1(O)CC[C@H]2[C@H](CC[C@@H]3[C@@H]2CC[C@]2(C)[C@@H](C(=O)CN4CCC(O)CC4)CC[C@@H]32)C1. The van der Waals surface area contributed by atoms with E-state index in [1.165, 1.54) is 135 Å². The summed E-state index contributed by atoms with van der Waals surface area (Å²) in [6.45, 7) is 26.5. The lowest BCUT2D eigenvalue weighted by Crippen LogP contribution is -2.51. The molecule has 0 spiro atoms. The van der Waals surface area contributed by atoms with Crippen molar-refractivity contribution in [1.82, 2.24) is 14.7 Å². The van der Waals surface area contributed by atoms with Crippen molar-refractivity contribution < 1.29 is 34.8 Å². The molecule has 15 rings (SSSR count). The van der Waals surface area contributed by atoms with Gasteiger partial charge in [0.15, 0.2) is 0 Å². The summed E-state index contributed by atoms with van der Waals surface area (Å²) >= 11 is 0. The number of ketones is 3. The van der Waals surface area contributed by atoms with Crippen LogP contribution in [0.2, 0.25) is 0 Å². The standard InChI is InChI=1S/C27H45NO2.C26H43NO3.C26H43NO2/c1-18-5-4-14-28(16-18)17-25(29)24-9-8-23-22-7-6-19-15-26(2,30)12-10-20(19)21(22)11-13-27(23,24)3;1-25(30)11-7-19-17(15-25)3-4-21-20(19)8-12-26(2)22(21)5-6-23(26)24(29)16-27-13-9-18(28)10-14-27;1-17-10-13-27(15-17)16-24(28)23-7-6-22-21-5-4-18-14-25(2,29)11-8-19(18)20(21)9-12-26(22,23)3/h18-24,30H,4-17H2,1-3H3;17-23,28,30H,3-16H2,1-2H3;17-23,29H,4-16H2,1-3H3/t18?,19-,20-,21+,22+,23-,24+,26+,27-;17-,19+,20-,21-,22+,23-,25-,26+;17?,18-,19+,20-,21-,22+,23-,25-,26+/m011/s1. The van der Waals surface area contributed by atoms with E-state index in [9.17, 15) is 34.8 Å². The highest BCUT2D eigenvalue weighted by Crippen LogP contribution is 2.68. The zero-order valence-corrected chi connectivity index (χ0v) is 58.0. The average molecular weight is 1230 g/mol. The number of hydrogen-bond donors (Lipinski definition) is 4. The van der Waals surface area contributed by atoms with Gasteiger partial charge in [0.2, 0.25) is 0 Å². The fraction of sp³-hybridized carbons (Fsp3) is 0.962. The number of aliphatic hydroxyl groups is 4. The lowest BCUT2D eigenvalue weighted by atomic mass is 9.49. The second-order valence-electron chi connectivity index (χ2n) is 37.6. The molecule has 12 saturated carbocycles. The van der Waals surface area contributed by atoms with Crippen LogP contribution in [0, 0.1) is 135 Å². The molecule has 4 N–H and O–H groups in total. The Labute approximate surface area is 541 Å². The molecule has 0 amide bonds. The molecule has 89 heavy (non-hydrogen) atoms. The minimum absolute atomic E-state index is 0.168. The number of hydrogen-bond acceptors (Lipinski definition) is 10. The molecule has 3 heterocycles. The van der Waals surface area contributed by atoms with E-state index >= 15 is 0 Å². The summed E-state index contributed by atoms with van der Waals surface area (Å²) in [6.07, 6.45) is 38.0. The van der Waals surface area contributed by atoms with Gasteiger partial charge < -0.3 is 20.4 Å². The molecule has 504 valence electrons. The minimum atomic E-state index is -0.438. The van der Waals surface area contributed by atoms with E-state index in [4.69, 9.17) is 0 Å². The van der Waals surface area contributed by atoms with Crippen LogP contribution in [0.4, 0.5) is 0 Å². The topological polar surface area (TPSA) is 142 Å². The lowest BCUT2D eigenvalue weighted by Gasteiger charge is -2.57. The average Bonchev–Trinajstić information content (AvgIpc) is 1.73. The summed E-state index contributed by atoms with van der Waals surface area (Å²) in [5.41, 5.74) is -0.556. The zero-order chi connectivity index (χ0) is 62.6. The molecule has 0 aromatic rings. The van der Waals surface area contributed by atoms with Crippen molar-refractivity contribution in [3.05, 3.63) is 0 Å². The second-order valence-corrected chi connectivity index (χ2v) is 37.6. The molecule has 0 aromatic heterocycles. The molecule has 12 aliphatic carbocycles. The Kier molecular flexibility index (Phi) is 19.3. The highest BCUT2D eigenvalue weighted by Gasteiger charge is 2.62. The molecule has 0 bridgehead atoms. The monoisotopic (exact) mass is 1230 g/mol. The van der Waals surface area contributed by atoms with Gasteiger partial charge in [-0.2, -0.15) is 0 Å². The van der Waals surface area contributed by atoms with Gasteiger partial charge in [0.05, 0.1) is 42.5 Å². The van der Waals surface area contributed by atoms with Gasteiger partial charge in [-0.1, -0.05) is 34.6 Å². The van der Waals surface area contributed by atoms with Crippen LogP contribution in [-0.2, 0) is 14.4 Å². The van der Waals surface area contributed by atoms with Gasteiger partial charge >= 0.3 is 0 Å². The van der Waals surface area contributed by atoms with Gasteiger partial charge in [0.1, 0.15) is 17.3 Å². The van der Waals surface area contributed by atoms with Gasteiger partial charge in [-0.15, -0.1) is 0 Å². The van der Waals surface area contributed by atoms with Crippen molar-refractivity contribution in [2.24, 2.45) is 135 Å². The van der Waals surface area contributed by atoms with Gasteiger partial charge in [-0.05, 0) is 356 Å². The van der Waals surface area contributed by atoms with Gasteiger partial charge in [0.25, 0.3) is 0 Å². The number of aliphatic hydroxyl groups excluding tert-OH is 1. The van der Waals surface area contributed by atoms with Crippen LogP contribution < -0.4 is 0 Å². The number of carbonyl (C=O) groups excluding carboxylic acids is 3. The number of Topliss-reactive ketones (excluding diaryl/α,β-unsaturated/α-hetero) is 3. The van der Waals surface area contributed by atoms with E-state index in [0.717, 1.165) is 211 Å². The molecule has 2 unspecified atom stereocenters. The molecule has 15 aliphatic rings. The van der Waals surface area contributed by atoms with E-state index < -0.39 is 16.8 Å². The molecule has 0 radical (unpaired) electrons. The van der Waals surface area contributed by atoms with Gasteiger partial charge in [0, 0.05) is 43.9 Å². The van der Waals surface area contributed by atoms with E-state index in [-0.39, 0.29) is 28.3 Å². The molecule has 15 fully saturated rings. The molecular formula is C79H131N3O7. The van der Waals surface area contributed by atoms with Crippen molar-refractivity contribution in [3.63, 3.8) is 0 Å². The Morgan fingerprint density at radius 1 is 0.348 bits per heavy atom. The Balaban J connectivity index is 0.000000123. The first kappa shape index (κ1) is 66.3. The number of likely N-dealkylation sites (tertiary alicyclic amines) is 3. The van der Waals surface area contributed by atoms with E-state index in [1.807, 2.05) is 6.92 Å². The smallest absolute Gasteiger partial charge is 0.150 e. The third-order valence-electron chi connectivity index (χ3n) is 31.8. The summed E-state index contributed by atoms with van der Waals surface area (Å²) in [7, 11) is 0. The summed E-state index contributed by atoms with van der Waals surface area (Å²) in [4.78, 5) is 47.4. The fourth-order valence-corrected chi connectivity index (χ4v) is 27.5. The first-order chi connectivity index (χ1) is 42.3. The molecular weight excluding hydrogens is 1100 g/mol. The normalized spacial score (nSPS) is 51.4. The van der Waals surface area contributed by atoms with Crippen LogP contribution >= 0.6 is 0 Å². The summed E-state index contributed by atoms with van der Waals surface area (Å²) < 4.78 is 0. The molecule has 3 aliphatic heterocycles. The van der Waals surface area contributed by atoms with Crippen LogP contribution in [0.25, 0.3) is 0 Å². The van der Waals surface area contributed by atoms with Crippen LogP contribution in [0.1, 0.15) is 261 Å². The fourth-order valence-electron chi connectivity index (χ4n) is 27.5. The predicted molar refractivity (Wildman–Crippen MR) is 355 cm³/mol. The third kappa shape index (κ3) is 13.3. The Morgan fingerprint density at radius 2 is 0.674 bits per heavy atom. The Bertz CT molecular complexity index is 2490. The van der Waals surface area contributed by atoms with Gasteiger partial charge in [-0.3, -0.25) is 29.1 Å². The molecule has 10 nitrogen and oxygen atoms in total. The van der Waals surface area contributed by atoms with Crippen LogP contribution in [-0.4, -0.2) is 134 Å². The lowest BCUT2D eigenvalue weighted by molar-refractivity contribution is -0.134. The van der Waals surface area contributed by atoms with E-state index in [1.54, 1.807) is 0 Å². The van der Waals surface area contributed by atoms with E-state index in [2.05, 4.69) is 63.2 Å². The largest absolute Gasteiger partial charge is 0.393 e. The van der Waals surface area contributed by atoms with Crippen LogP contribution in [0.5, 0.6) is 0 Å².